The van der Waals surface area contributed by atoms with Crippen molar-refractivity contribution in [3.05, 3.63) is 11.1 Å². The van der Waals surface area contributed by atoms with Crippen LogP contribution in [0.1, 0.15) is 65.7 Å². The minimum atomic E-state index is 0.309. The summed E-state index contributed by atoms with van der Waals surface area (Å²) in [5.74, 6) is 0. The number of nitrogens with one attached hydrogen (secondary N) is 1. The molecule has 1 spiro atoms. The summed E-state index contributed by atoms with van der Waals surface area (Å²) in [5.41, 5.74) is 3.72. The van der Waals surface area contributed by atoms with Crippen LogP contribution in [0.5, 0.6) is 0 Å². The Morgan fingerprint density at radius 2 is 1.85 bits per heavy atom. The molecule has 1 saturated carbocycles. The molecule has 2 fully saturated rings. The first kappa shape index (κ1) is 16.3. The fourth-order valence-corrected chi connectivity index (χ4v) is 4.19. The van der Waals surface area contributed by atoms with E-state index < -0.39 is 0 Å². The fraction of sp³-hybridized carbons (Fsp3) is 0.882. The number of rotatable bonds is 4. The summed E-state index contributed by atoms with van der Waals surface area (Å²) in [6.45, 7) is 10.2. The lowest BCUT2D eigenvalue weighted by atomic mass is 9.75. The minimum Gasteiger partial charge on any atom is -0.308 e. The topological polar surface area (TPSA) is 15.3 Å². The molecule has 116 valence electrons. The van der Waals surface area contributed by atoms with Crippen LogP contribution in [-0.4, -0.2) is 35.6 Å². The van der Waals surface area contributed by atoms with E-state index in [1.807, 2.05) is 0 Å². The zero-order valence-corrected chi connectivity index (χ0v) is 14.2. The highest BCUT2D eigenvalue weighted by molar-refractivity contribution is 6.25. The van der Waals surface area contributed by atoms with E-state index in [9.17, 15) is 0 Å². The van der Waals surface area contributed by atoms with Gasteiger partial charge >= 0.3 is 0 Å². The fourth-order valence-electron chi connectivity index (χ4n) is 4.12. The van der Waals surface area contributed by atoms with Gasteiger partial charge < -0.3 is 5.32 Å². The SMILES string of the molecule is CCC1(CC)CNC2(CCCCC2)CN1CC(C)=CCl. The van der Waals surface area contributed by atoms with Crippen molar-refractivity contribution in [3.8, 4) is 0 Å². The molecule has 2 nitrogen and oxygen atoms in total. The quantitative estimate of drug-likeness (QED) is 0.832. The molecule has 0 atom stereocenters. The summed E-state index contributed by atoms with van der Waals surface area (Å²) >= 11 is 5.92. The second-order valence-corrected chi connectivity index (χ2v) is 7.16. The zero-order valence-electron chi connectivity index (χ0n) is 13.5. The lowest BCUT2D eigenvalue weighted by molar-refractivity contribution is -0.00769. The maximum atomic E-state index is 5.92. The smallest absolute Gasteiger partial charge is 0.0333 e. The average molecular weight is 299 g/mol. The van der Waals surface area contributed by atoms with Crippen LogP contribution < -0.4 is 5.32 Å². The third-order valence-corrected chi connectivity index (χ3v) is 6.08. The van der Waals surface area contributed by atoms with Gasteiger partial charge in [0.15, 0.2) is 0 Å². The molecule has 0 aromatic heterocycles. The number of hydrogen-bond donors (Lipinski definition) is 1. The minimum absolute atomic E-state index is 0.309. The molecule has 1 aliphatic carbocycles. The third kappa shape index (κ3) is 3.23. The Labute approximate surface area is 129 Å². The molecule has 1 N–H and O–H groups in total. The molecule has 0 aromatic carbocycles. The van der Waals surface area contributed by atoms with E-state index in [2.05, 4.69) is 31.0 Å². The zero-order chi connectivity index (χ0) is 14.6. The van der Waals surface area contributed by atoms with Crippen LogP contribution in [0.4, 0.5) is 0 Å². The van der Waals surface area contributed by atoms with Gasteiger partial charge in [0.1, 0.15) is 0 Å². The Kier molecular flexibility index (Phi) is 5.56. The molecule has 2 aliphatic rings. The number of hydrogen-bond acceptors (Lipinski definition) is 2. The van der Waals surface area contributed by atoms with Crippen LogP contribution in [0.3, 0.4) is 0 Å². The predicted molar refractivity (Wildman–Crippen MR) is 88.3 cm³/mol. The van der Waals surface area contributed by atoms with Crippen molar-refractivity contribution >= 4 is 11.6 Å². The van der Waals surface area contributed by atoms with Gasteiger partial charge in [0.25, 0.3) is 0 Å². The van der Waals surface area contributed by atoms with Crippen LogP contribution in [0.2, 0.25) is 0 Å². The molecular formula is C17H31ClN2. The molecule has 20 heavy (non-hydrogen) atoms. The largest absolute Gasteiger partial charge is 0.308 e. The van der Waals surface area contributed by atoms with Gasteiger partial charge in [0.05, 0.1) is 0 Å². The molecule has 1 aliphatic heterocycles. The Morgan fingerprint density at radius 1 is 1.20 bits per heavy atom. The molecule has 0 bridgehead atoms. The van der Waals surface area contributed by atoms with Gasteiger partial charge in [-0.3, -0.25) is 4.90 Å². The van der Waals surface area contributed by atoms with Gasteiger partial charge in [-0.15, -0.1) is 0 Å². The Hall–Kier alpha value is -0.0500. The van der Waals surface area contributed by atoms with Gasteiger partial charge in [-0.05, 0) is 38.2 Å². The summed E-state index contributed by atoms with van der Waals surface area (Å²) in [4.78, 5) is 2.73. The van der Waals surface area contributed by atoms with Gasteiger partial charge in [0, 0.05) is 36.2 Å². The molecule has 2 rings (SSSR count). The van der Waals surface area contributed by atoms with Crippen LogP contribution >= 0.6 is 11.6 Å². The lowest BCUT2D eigenvalue weighted by Gasteiger charge is -2.56. The van der Waals surface area contributed by atoms with Crippen LogP contribution in [0, 0.1) is 0 Å². The van der Waals surface area contributed by atoms with Crippen molar-refractivity contribution in [2.24, 2.45) is 0 Å². The Morgan fingerprint density at radius 3 is 2.40 bits per heavy atom. The first-order valence-electron chi connectivity index (χ1n) is 8.36. The first-order valence-corrected chi connectivity index (χ1v) is 8.79. The molecule has 1 saturated heterocycles. The van der Waals surface area contributed by atoms with Gasteiger partial charge in [-0.25, -0.2) is 0 Å². The van der Waals surface area contributed by atoms with Crippen molar-refractivity contribution in [2.45, 2.75) is 76.8 Å². The van der Waals surface area contributed by atoms with E-state index in [-0.39, 0.29) is 0 Å². The summed E-state index contributed by atoms with van der Waals surface area (Å²) in [6, 6.07) is 0. The molecular weight excluding hydrogens is 268 g/mol. The highest BCUT2D eigenvalue weighted by Gasteiger charge is 2.45. The maximum absolute atomic E-state index is 5.92. The molecule has 0 radical (unpaired) electrons. The summed E-state index contributed by atoms with van der Waals surface area (Å²) in [7, 11) is 0. The monoisotopic (exact) mass is 298 g/mol. The number of nitrogens with zero attached hydrogens (tertiary/aromatic N) is 1. The Bertz CT molecular complexity index is 341. The van der Waals surface area contributed by atoms with E-state index in [0.717, 1.165) is 13.1 Å². The normalized spacial score (nSPS) is 26.9. The number of halogens is 1. The van der Waals surface area contributed by atoms with Crippen molar-refractivity contribution in [1.82, 2.24) is 10.2 Å². The van der Waals surface area contributed by atoms with E-state index in [1.54, 1.807) is 5.54 Å². The lowest BCUT2D eigenvalue weighted by Crippen LogP contribution is -2.70. The summed E-state index contributed by atoms with van der Waals surface area (Å²) in [6.07, 6.45) is 9.29. The van der Waals surface area contributed by atoms with Crippen LogP contribution in [0.25, 0.3) is 0 Å². The summed E-state index contributed by atoms with van der Waals surface area (Å²) < 4.78 is 0. The third-order valence-electron chi connectivity index (χ3n) is 5.71. The van der Waals surface area contributed by atoms with Gasteiger partial charge in [0.2, 0.25) is 0 Å². The highest BCUT2D eigenvalue weighted by Crippen LogP contribution is 2.37. The van der Waals surface area contributed by atoms with Crippen molar-refractivity contribution in [3.63, 3.8) is 0 Å². The van der Waals surface area contributed by atoms with Crippen molar-refractivity contribution in [1.29, 1.82) is 0 Å². The Balaban J connectivity index is 2.17. The molecule has 0 amide bonds. The van der Waals surface area contributed by atoms with Crippen molar-refractivity contribution < 1.29 is 0 Å². The second-order valence-electron chi connectivity index (χ2n) is 6.94. The molecule has 0 unspecified atom stereocenters. The second kappa shape index (κ2) is 6.81. The van der Waals surface area contributed by atoms with E-state index in [0.29, 0.717) is 11.1 Å². The van der Waals surface area contributed by atoms with Gasteiger partial charge in [-0.1, -0.05) is 44.7 Å². The van der Waals surface area contributed by atoms with E-state index >= 15 is 0 Å². The van der Waals surface area contributed by atoms with E-state index in [4.69, 9.17) is 11.6 Å². The number of piperazine rings is 1. The standard InChI is InChI=1S/C17H31ClN2/c1-4-17(5-2)13-19-16(9-7-6-8-10-16)14-20(17)12-15(3)11-18/h11,19H,4-10,12-14H2,1-3H3. The van der Waals surface area contributed by atoms with Crippen LogP contribution in [0.15, 0.2) is 11.1 Å². The van der Waals surface area contributed by atoms with E-state index in [1.165, 1.54) is 57.1 Å². The van der Waals surface area contributed by atoms with Crippen LogP contribution in [-0.2, 0) is 0 Å². The highest BCUT2D eigenvalue weighted by atomic mass is 35.5. The van der Waals surface area contributed by atoms with Gasteiger partial charge in [-0.2, -0.15) is 0 Å². The first-order chi connectivity index (χ1) is 9.60. The molecule has 1 heterocycles. The maximum Gasteiger partial charge on any atom is 0.0333 e. The predicted octanol–water partition coefficient (Wildman–Crippen LogP) is 4.30. The van der Waals surface area contributed by atoms with Crippen molar-refractivity contribution in [2.75, 3.05) is 19.6 Å². The molecule has 3 heteroatoms. The summed E-state index contributed by atoms with van der Waals surface area (Å²) in [5, 5.41) is 3.95. The average Bonchev–Trinajstić information content (AvgIpc) is 2.49. The molecule has 0 aromatic rings.